The van der Waals surface area contributed by atoms with Gasteiger partial charge in [0.1, 0.15) is 0 Å². The molecule has 170 valence electrons. The van der Waals surface area contributed by atoms with Crippen LogP contribution in [0, 0.1) is 5.92 Å². The molecular formula is C22H38IN5O2. The fourth-order valence-electron chi connectivity index (χ4n) is 3.40. The molecule has 1 aliphatic rings. The number of aliphatic imine (C=N–C) groups is 1. The van der Waals surface area contributed by atoms with Crippen molar-refractivity contribution < 1.29 is 9.53 Å². The zero-order valence-corrected chi connectivity index (χ0v) is 21.1. The van der Waals surface area contributed by atoms with Gasteiger partial charge in [0, 0.05) is 59.1 Å². The minimum absolute atomic E-state index is 0. The topological polar surface area (TPSA) is 69.2 Å². The number of rotatable bonds is 9. The second kappa shape index (κ2) is 14.6. The second-order valence-corrected chi connectivity index (χ2v) is 7.93. The molecule has 7 nitrogen and oxygen atoms in total. The standard InChI is InChI=1S/C22H37N5O2.HI/c1-23-22(27(4)12-8-18-9-14-29-15-10-18)25-17-19-6-5-7-20(16-19)21(28)24-11-13-26(2)3;/h5-7,16,18H,8-15,17H2,1-4H3,(H,23,25)(H,24,28);1H. The predicted molar refractivity (Wildman–Crippen MR) is 134 cm³/mol. The summed E-state index contributed by atoms with van der Waals surface area (Å²) in [6.45, 7) is 4.84. The van der Waals surface area contributed by atoms with E-state index in [2.05, 4.69) is 27.6 Å². The highest BCUT2D eigenvalue weighted by Crippen LogP contribution is 2.18. The Morgan fingerprint density at radius 2 is 1.90 bits per heavy atom. The first-order chi connectivity index (χ1) is 14.0. The lowest BCUT2D eigenvalue weighted by Crippen LogP contribution is -2.39. The Labute approximate surface area is 198 Å². The molecule has 0 saturated carbocycles. The number of amides is 1. The molecule has 0 spiro atoms. The third-order valence-electron chi connectivity index (χ3n) is 5.27. The number of nitrogens with one attached hydrogen (secondary N) is 2. The Balaban J connectivity index is 0.00000450. The van der Waals surface area contributed by atoms with Gasteiger partial charge in [-0.15, -0.1) is 24.0 Å². The normalized spacial score (nSPS) is 14.9. The van der Waals surface area contributed by atoms with E-state index in [4.69, 9.17) is 4.74 Å². The van der Waals surface area contributed by atoms with Crippen molar-refractivity contribution in [1.29, 1.82) is 0 Å². The predicted octanol–water partition coefficient (Wildman–Crippen LogP) is 2.42. The summed E-state index contributed by atoms with van der Waals surface area (Å²) in [6.07, 6.45) is 3.47. The number of likely N-dealkylation sites (N-methyl/N-ethyl adjacent to an activating group) is 1. The van der Waals surface area contributed by atoms with Crippen LogP contribution in [0.2, 0.25) is 0 Å². The molecule has 0 unspecified atom stereocenters. The van der Waals surface area contributed by atoms with Crippen molar-refractivity contribution in [3.8, 4) is 0 Å². The van der Waals surface area contributed by atoms with Gasteiger partial charge >= 0.3 is 0 Å². The van der Waals surface area contributed by atoms with Gasteiger partial charge in [-0.1, -0.05) is 12.1 Å². The lowest BCUT2D eigenvalue weighted by atomic mass is 9.96. The van der Waals surface area contributed by atoms with Crippen LogP contribution < -0.4 is 10.6 Å². The molecule has 1 aromatic carbocycles. The van der Waals surface area contributed by atoms with Crippen LogP contribution in [0.4, 0.5) is 0 Å². The highest BCUT2D eigenvalue weighted by molar-refractivity contribution is 14.0. The number of ether oxygens (including phenoxy) is 1. The summed E-state index contributed by atoms with van der Waals surface area (Å²) in [5.41, 5.74) is 1.75. The summed E-state index contributed by atoms with van der Waals surface area (Å²) < 4.78 is 5.44. The van der Waals surface area contributed by atoms with Crippen molar-refractivity contribution in [3.63, 3.8) is 0 Å². The Kier molecular flexibility index (Phi) is 13.0. The van der Waals surface area contributed by atoms with Crippen LogP contribution in [-0.4, -0.2) is 82.7 Å². The van der Waals surface area contributed by atoms with Gasteiger partial charge in [0.05, 0.1) is 0 Å². The third kappa shape index (κ3) is 9.61. The minimum atomic E-state index is -0.0355. The van der Waals surface area contributed by atoms with Gasteiger partial charge in [0.25, 0.3) is 5.91 Å². The van der Waals surface area contributed by atoms with Gasteiger partial charge in [0.2, 0.25) is 0 Å². The number of benzene rings is 1. The fraction of sp³-hybridized carbons (Fsp3) is 0.636. The van der Waals surface area contributed by atoms with E-state index in [0.29, 0.717) is 18.7 Å². The van der Waals surface area contributed by atoms with Gasteiger partial charge in [-0.2, -0.15) is 0 Å². The van der Waals surface area contributed by atoms with Crippen molar-refractivity contribution in [2.75, 3.05) is 61.0 Å². The lowest BCUT2D eigenvalue weighted by molar-refractivity contribution is 0.0625. The third-order valence-corrected chi connectivity index (χ3v) is 5.27. The highest BCUT2D eigenvalue weighted by Gasteiger charge is 2.15. The number of hydrogen-bond donors (Lipinski definition) is 2. The van der Waals surface area contributed by atoms with Crippen molar-refractivity contribution >= 4 is 35.8 Å². The molecule has 1 fully saturated rings. The Hall–Kier alpha value is -1.39. The van der Waals surface area contributed by atoms with Crippen molar-refractivity contribution in [2.45, 2.75) is 25.8 Å². The van der Waals surface area contributed by atoms with Crippen molar-refractivity contribution in [2.24, 2.45) is 10.9 Å². The maximum Gasteiger partial charge on any atom is 0.251 e. The quantitative estimate of drug-likeness (QED) is 0.291. The number of guanidine groups is 1. The monoisotopic (exact) mass is 531 g/mol. The minimum Gasteiger partial charge on any atom is -0.381 e. The van der Waals surface area contributed by atoms with E-state index in [0.717, 1.165) is 63.0 Å². The van der Waals surface area contributed by atoms with Crippen LogP contribution in [0.1, 0.15) is 35.2 Å². The molecule has 0 atom stereocenters. The number of carbonyl (C=O) groups is 1. The molecule has 2 rings (SSSR count). The molecule has 0 bridgehead atoms. The van der Waals surface area contributed by atoms with Gasteiger partial charge < -0.3 is 25.2 Å². The van der Waals surface area contributed by atoms with E-state index < -0.39 is 0 Å². The molecule has 1 heterocycles. The first-order valence-electron chi connectivity index (χ1n) is 10.5. The summed E-state index contributed by atoms with van der Waals surface area (Å²) in [7, 11) is 7.86. The van der Waals surface area contributed by atoms with E-state index in [1.165, 1.54) is 0 Å². The maximum atomic E-state index is 12.3. The maximum absolute atomic E-state index is 12.3. The Bertz CT molecular complexity index is 663. The van der Waals surface area contributed by atoms with E-state index in [9.17, 15) is 4.79 Å². The molecule has 0 aromatic heterocycles. The smallest absolute Gasteiger partial charge is 0.251 e. The van der Waals surface area contributed by atoms with Crippen LogP contribution in [0.3, 0.4) is 0 Å². The molecule has 1 aromatic rings. The first-order valence-corrected chi connectivity index (χ1v) is 10.5. The van der Waals surface area contributed by atoms with Crippen LogP contribution in [0.25, 0.3) is 0 Å². The van der Waals surface area contributed by atoms with Crippen LogP contribution in [0.5, 0.6) is 0 Å². The van der Waals surface area contributed by atoms with Gasteiger partial charge in [0.15, 0.2) is 5.96 Å². The molecule has 8 heteroatoms. The highest BCUT2D eigenvalue weighted by atomic mass is 127. The molecule has 2 N–H and O–H groups in total. The summed E-state index contributed by atoms with van der Waals surface area (Å²) in [5, 5.41) is 6.37. The average molecular weight is 531 g/mol. The molecule has 30 heavy (non-hydrogen) atoms. The van der Waals surface area contributed by atoms with Gasteiger partial charge in [-0.05, 0) is 57.0 Å². The fourth-order valence-corrected chi connectivity index (χ4v) is 3.40. The van der Waals surface area contributed by atoms with Gasteiger partial charge in [-0.3, -0.25) is 9.79 Å². The van der Waals surface area contributed by atoms with E-state index in [1.807, 2.05) is 50.3 Å². The second-order valence-electron chi connectivity index (χ2n) is 7.93. The number of carbonyl (C=O) groups excluding carboxylic acids is 1. The van der Waals surface area contributed by atoms with Gasteiger partial charge in [-0.25, -0.2) is 0 Å². The average Bonchev–Trinajstić information content (AvgIpc) is 2.73. The lowest BCUT2D eigenvalue weighted by Gasteiger charge is -2.26. The number of hydrogen-bond acceptors (Lipinski definition) is 4. The molecule has 0 aliphatic carbocycles. The Morgan fingerprint density at radius 1 is 1.17 bits per heavy atom. The molecule has 1 saturated heterocycles. The van der Waals surface area contributed by atoms with Crippen molar-refractivity contribution in [1.82, 2.24) is 20.4 Å². The van der Waals surface area contributed by atoms with E-state index in [1.54, 1.807) is 0 Å². The molecule has 1 amide bonds. The summed E-state index contributed by atoms with van der Waals surface area (Å²) in [6, 6.07) is 7.74. The van der Waals surface area contributed by atoms with Crippen LogP contribution >= 0.6 is 24.0 Å². The van der Waals surface area contributed by atoms with Crippen molar-refractivity contribution in [3.05, 3.63) is 35.4 Å². The number of nitrogens with zero attached hydrogens (tertiary/aromatic N) is 3. The van der Waals surface area contributed by atoms with E-state index >= 15 is 0 Å². The summed E-state index contributed by atoms with van der Waals surface area (Å²) in [4.78, 5) is 20.9. The summed E-state index contributed by atoms with van der Waals surface area (Å²) in [5.74, 6) is 1.58. The van der Waals surface area contributed by atoms with Crippen LogP contribution in [-0.2, 0) is 11.3 Å². The van der Waals surface area contributed by atoms with E-state index in [-0.39, 0.29) is 29.9 Å². The zero-order valence-electron chi connectivity index (χ0n) is 18.8. The number of halogens is 1. The molecular weight excluding hydrogens is 493 g/mol. The zero-order chi connectivity index (χ0) is 21.1. The summed E-state index contributed by atoms with van der Waals surface area (Å²) >= 11 is 0. The SMILES string of the molecule is CN=C(NCc1cccc(C(=O)NCCN(C)C)c1)N(C)CCC1CCOCC1.I. The largest absolute Gasteiger partial charge is 0.381 e. The molecule has 1 aliphatic heterocycles. The Morgan fingerprint density at radius 3 is 2.57 bits per heavy atom. The molecule has 0 radical (unpaired) electrons. The first kappa shape index (κ1) is 26.6. The van der Waals surface area contributed by atoms with Crippen LogP contribution in [0.15, 0.2) is 29.3 Å².